The Balaban J connectivity index is 2.64. The maximum Gasteiger partial charge on any atom is 0.305 e. The van der Waals surface area contributed by atoms with E-state index in [2.05, 4.69) is 27.6 Å². The van der Waals surface area contributed by atoms with Gasteiger partial charge in [-0.2, -0.15) is 0 Å². The van der Waals surface area contributed by atoms with Gasteiger partial charge in [0.1, 0.15) is 0 Å². The van der Waals surface area contributed by atoms with Crippen LogP contribution in [-0.2, 0) is 4.79 Å². The molecule has 4 nitrogen and oxygen atoms in total. The molecule has 0 aliphatic carbocycles. The minimum Gasteiger partial charge on any atom is -0.481 e. The fourth-order valence-electron chi connectivity index (χ4n) is 0.896. The zero-order valence-electron chi connectivity index (χ0n) is 6.25. The van der Waals surface area contributed by atoms with Crippen LogP contribution in [0.15, 0.2) is 12.3 Å². The molecule has 0 fully saturated rings. The topological polar surface area (TPSA) is 79.1 Å². The number of aliphatic carboxylic acids is 1. The Hall–Kier alpha value is -0.560. The van der Waals surface area contributed by atoms with Crippen LogP contribution in [-0.4, -0.2) is 16.1 Å². The van der Waals surface area contributed by atoms with E-state index in [9.17, 15) is 4.79 Å². The van der Waals surface area contributed by atoms with Gasteiger partial charge in [0.15, 0.2) is 0 Å². The molecular weight excluding hydrogens is 271 g/mol. The van der Waals surface area contributed by atoms with Gasteiger partial charge in [0.2, 0.25) is 0 Å². The summed E-state index contributed by atoms with van der Waals surface area (Å²) < 4.78 is 1.03. The van der Waals surface area contributed by atoms with E-state index in [1.165, 1.54) is 0 Å². The maximum atomic E-state index is 10.3. The molecular formula is C7H9IN2O2. The molecule has 1 atom stereocenters. The number of hydrogen-bond acceptors (Lipinski definition) is 2. The first-order valence-electron chi connectivity index (χ1n) is 3.41. The molecule has 0 aromatic carbocycles. The first-order chi connectivity index (χ1) is 5.59. The molecule has 0 bridgehead atoms. The van der Waals surface area contributed by atoms with Crippen LogP contribution in [0.1, 0.15) is 18.2 Å². The van der Waals surface area contributed by atoms with Crippen LogP contribution in [0.2, 0.25) is 0 Å². The van der Waals surface area contributed by atoms with Crippen molar-refractivity contribution in [1.82, 2.24) is 4.98 Å². The average molecular weight is 280 g/mol. The number of nitrogens with two attached hydrogens (primary N) is 1. The lowest BCUT2D eigenvalue weighted by Crippen LogP contribution is -2.15. The van der Waals surface area contributed by atoms with Gasteiger partial charge in [-0.25, -0.2) is 0 Å². The van der Waals surface area contributed by atoms with Crippen LogP contribution in [0, 0.1) is 3.57 Å². The number of rotatable bonds is 3. The number of hydrogen-bond donors (Lipinski definition) is 3. The van der Waals surface area contributed by atoms with Crippen molar-refractivity contribution in [3.63, 3.8) is 0 Å². The van der Waals surface area contributed by atoms with Crippen LogP contribution in [0.4, 0.5) is 0 Å². The summed E-state index contributed by atoms with van der Waals surface area (Å²) in [5, 5.41) is 8.46. The fraction of sp³-hybridized carbons (Fsp3) is 0.286. The first kappa shape index (κ1) is 9.53. The SMILES string of the molecule is N[C@H](CC(=O)O)c1cc(I)c[nH]1. The monoisotopic (exact) mass is 280 g/mol. The molecule has 1 aromatic heterocycles. The molecule has 1 aromatic rings. The first-order valence-corrected chi connectivity index (χ1v) is 4.48. The van der Waals surface area contributed by atoms with Crippen molar-refractivity contribution in [3.05, 3.63) is 21.5 Å². The Morgan fingerprint density at radius 2 is 2.50 bits per heavy atom. The molecule has 1 heterocycles. The Morgan fingerprint density at radius 1 is 1.83 bits per heavy atom. The molecule has 0 saturated heterocycles. The van der Waals surface area contributed by atoms with Gasteiger partial charge in [0.25, 0.3) is 0 Å². The Morgan fingerprint density at radius 3 is 2.92 bits per heavy atom. The molecule has 0 radical (unpaired) electrons. The van der Waals surface area contributed by atoms with Crippen molar-refractivity contribution < 1.29 is 9.90 Å². The molecule has 0 aliphatic rings. The van der Waals surface area contributed by atoms with E-state index in [1.807, 2.05) is 6.07 Å². The van der Waals surface area contributed by atoms with Gasteiger partial charge in [0, 0.05) is 15.5 Å². The second kappa shape index (κ2) is 3.90. The zero-order valence-corrected chi connectivity index (χ0v) is 8.41. The summed E-state index contributed by atoms with van der Waals surface area (Å²) in [6.45, 7) is 0. The standard InChI is InChI=1S/C7H9IN2O2/c8-4-1-6(10-3-4)5(9)2-7(11)12/h1,3,5,10H,2,9H2,(H,11,12)/t5-/m1/s1. The molecule has 4 N–H and O–H groups in total. The van der Waals surface area contributed by atoms with Gasteiger partial charge in [-0.3, -0.25) is 4.79 Å². The zero-order chi connectivity index (χ0) is 9.14. The molecule has 12 heavy (non-hydrogen) atoms. The molecule has 0 spiro atoms. The third kappa shape index (κ3) is 2.49. The lowest BCUT2D eigenvalue weighted by atomic mass is 10.1. The van der Waals surface area contributed by atoms with Gasteiger partial charge in [-0.05, 0) is 28.7 Å². The number of carboxylic acid groups (broad SMARTS) is 1. The molecule has 0 aliphatic heterocycles. The third-order valence-electron chi connectivity index (χ3n) is 1.46. The van der Waals surface area contributed by atoms with Crippen molar-refractivity contribution in [2.45, 2.75) is 12.5 Å². The number of halogens is 1. The third-order valence-corrected chi connectivity index (χ3v) is 2.09. The van der Waals surface area contributed by atoms with E-state index < -0.39 is 12.0 Å². The van der Waals surface area contributed by atoms with Crippen LogP contribution in [0.25, 0.3) is 0 Å². The van der Waals surface area contributed by atoms with Crippen molar-refractivity contribution >= 4 is 28.6 Å². The van der Waals surface area contributed by atoms with Crippen LogP contribution >= 0.6 is 22.6 Å². The summed E-state index contributed by atoms with van der Waals surface area (Å²) in [5.74, 6) is -0.882. The van der Waals surface area contributed by atoms with Crippen molar-refractivity contribution in [2.24, 2.45) is 5.73 Å². The van der Waals surface area contributed by atoms with E-state index in [0.717, 1.165) is 9.26 Å². The van der Waals surface area contributed by atoms with Crippen LogP contribution < -0.4 is 5.73 Å². The van der Waals surface area contributed by atoms with Crippen molar-refractivity contribution in [3.8, 4) is 0 Å². The Labute approximate surface area is 83.3 Å². The fourth-order valence-corrected chi connectivity index (χ4v) is 1.39. The normalized spacial score (nSPS) is 12.8. The summed E-state index contributed by atoms with van der Waals surface area (Å²) in [4.78, 5) is 13.2. The molecule has 0 saturated carbocycles. The largest absolute Gasteiger partial charge is 0.481 e. The molecule has 0 amide bonds. The van der Waals surface area contributed by atoms with E-state index in [-0.39, 0.29) is 6.42 Å². The predicted molar refractivity (Wildman–Crippen MR) is 52.7 cm³/mol. The Bertz CT molecular complexity index is 285. The molecule has 66 valence electrons. The maximum absolute atomic E-state index is 10.3. The number of carbonyl (C=O) groups is 1. The summed E-state index contributed by atoms with van der Waals surface area (Å²) in [5.41, 5.74) is 6.36. The summed E-state index contributed by atoms with van der Waals surface area (Å²) >= 11 is 2.13. The molecule has 5 heteroatoms. The van der Waals surface area contributed by atoms with Crippen molar-refractivity contribution in [2.75, 3.05) is 0 Å². The van der Waals surface area contributed by atoms with E-state index in [1.54, 1.807) is 6.20 Å². The number of nitrogens with one attached hydrogen (secondary N) is 1. The van der Waals surface area contributed by atoms with Gasteiger partial charge >= 0.3 is 5.97 Å². The summed E-state index contributed by atoms with van der Waals surface area (Å²) in [6, 6.07) is 1.40. The highest BCUT2D eigenvalue weighted by atomic mass is 127. The van der Waals surface area contributed by atoms with Gasteiger partial charge < -0.3 is 15.8 Å². The van der Waals surface area contributed by atoms with E-state index >= 15 is 0 Å². The highest BCUT2D eigenvalue weighted by Gasteiger charge is 2.11. The highest BCUT2D eigenvalue weighted by molar-refractivity contribution is 14.1. The minimum absolute atomic E-state index is 0.0450. The lowest BCUT2D eigenvalue weighted by Gasteiger charge is -2.04. The predicted octanol–water partition coefficient (Wildman–Crippen LogP) is 1.09. The second-order valence-corrected chi connectivity index (χ2v) is 3.72. The summed E-state index contributed by atoms with van der Waals surface area (Å²) in [6.07, 6.45) is 1.74. The number of aromatic nitrogens is 1. The number of carboxylic acids is 1. The van der Waals surface area contributed by atoms with Gasteiger partial charge in [-0.15, -0.1) is 0 Å². The van der Waals surface area contributed by atoms with Crippen LogP contribution in [0.3, 0.4) is 0 Å². The highest BCUT2D eigenvalue weighted by Crippen LogP contribution is 2.14. The van der Waals surface area contributed by atoms with Gasteiger partial charge in [-0.1, -0.05) is 0 Å². The van der Waals surface area contributed by atoms with Gasteiger partial charge in [0.05, 0.1) is 12.5 Å². The Kier molecular flexibility index (Phi) is 3.10. The smallest absolute Gasteiger partial charge is 0.305 e. The average Bonchev–Trinajstić information content (AvgIpc) is 2.34. The second-order valence-electron chi connectivity index (χ2n) is 2.48. The quantitative estimate of drug-likeness (QED) is 0.725. The molecule has 1 rings (SSSR count). The van der Waals surface area contributed by atoms with Crippen molar-refractivity contribution in [1.29, 1.82) is 0 Å². The lowest BCUT2D eigenvalue weighted by molar-refractivity contribution is -0.137. The van der Waals surface area contributed by atoms with E-state index in [4.69, 9.17) is 10.8 Å². The minimum atomic E-state index is -0.882. The van der Waals surface area contributed by atoms with Crippen LogP contribution in [0.5, 0.6) is 0 Å². The molecule has 0 unspecified atom stereocenters. The summed E-state index contributed by atoms with van der Waals surface area (Å²) in [7, 11) is 0. The van der Waals surface area contributed by atoms with E-state index in [0.29, 0.717) is 0 Å². The number of H-pyrrole nitrogens is 1. The number of aromatic amines is 1.